The molecule has 0 radical (unpaired) electrons. The molecule has 2 aromatic rings. The molecule has 3 N–H and O–H groups in total. The Labute approximate surface area is 123 Å². The summed E-state index contributed by atoms with van der Waals surface area (Å²) < 4.78 is 5.39. The first-order valence-electron chi connectivity index (χ1n) is 5.60. The summed E-state index contributed by atoms with van der Waals surface area (Å²) in [5.74, 6) is 0.571. The molecule has 0 saturated heterocycles. The van der Waals surface area contributed by atoms with Crippen LogP contribution in [0.15, 0.2) is 39.9 Å². The van der Waals surface area contributed by atoms with Crippen molar-refractivity contribution < 1.29 is 14.1 Å². The largest absolute Gasteiger partial charge is 0.455 e. The van der Waals surface area contributed by atoms with E-state index in [4.69, 9.17) is 21.8 Å². The zero-order valence-electron chi connectivity index (χ0n) is 10.4. The molecule has 0 spiro atoms. The Balaban J connectivity index is 2.31. The molecule has 1 heterocycles. The molecule has 0 bridgehead atoms. The average Bonchev–Trinajstić information content (AvgIpc) is 2.86. The summed E-state index contributed by atoms with van der Waals surface area (Å²) in [6, 6.07) is 6.52. The smallest absolute Gasteiger partial charge is 0.332 e. The van der Waals surface area contributed by atoms with Crippen LogP contribution in [0.1, 0.15) is 5.76 Å². The lowest BCUT2D eigenvalue weighted by atomic mass is 10.1. The van der Waals surface area contributed by atoms with Gasteiger partial charge in [-0.3, -0.25) is 10.1 Å². The van der Waals surface area contributed by atoms with Crippen molar-refractivity contribution in [3.8, 4) is 11.3 Å². The number of primary amides is 1. The monoisotopic (exact) mass is 308 g/mol. The third-order valence-corrected chi connectivity index (χ3v) is 2.65. The SMILES string of the molecule is NC(=O)N/N=C\c1ccc(-c2ccc(Cl)cc2[N+](=O)[O-])o1. The quantitative estimate of drug-likeness (QED) is 0.511. The van der Waals surface area contributed by atoms with Crippen molar-refractivity contribution in [1.82, 2.24) is 5.43 Å². The number of nitro benzene ring substituents is 1. The van der Waals surface area contributed by atoms with Crippen molar-refractivity contribution >= 4 is 29.5 Å². The molecule has 2 rings (SSSR count). The lowest BCUT2D eigenvalue weighted by molar-refractivity contribution is -0.384. The van der Waals surface area contributed by atoms with Crippen molar-refractivity contribution in [3.63, 3.8) is 0 Å². The molecular weight excluding hydrogens is 300 g/mol. The Hall–Kier alpha value is -2.87. The van der Waals surface area contributed by atoms with Gasteiger partial charge in [0.15, 0.2) is 0 Å². The third kappa shape index (κ3) is 3.57. The van der Waals surface area contributed by atoms with Gasteiger partial charge in [-0.15, -0.1) is 0 Å². The minimum atomic E-state index is -0.814. The standard InChI is InChI=1S/C12H9ClN4O4/c13-7-1-3-9(10(5-7)17(19)20)11-4-2-8(21-11)6-15-16-12(14)18/h1-6H,(H3,14,16,18)/b15-6-. The normalized spacial score (nSPS) is 10.7. The number of hydrogen-bond donors (Lipinski definition) is 2. The average molecular weight is 309 g/mol. The highest BCUT2D eigenvalue weighted by molar-refractivity contribution is 6.30. The first kappa shape index (κ1) is 14.5. The fraction of sp³-hybridized carbons (Fsp3) is 0. The van der Waals surface area contributed by atoms with Crippen LogP contribution >= 0.6 is 11.6 Å². The fourth-order valence-corrected chi connectivity index (χ4v) is 1.76. The molecule has 0 aliphatic rings. The number of carbonyl (C=O) groups is 1. The molecular formula is C12H9ClN4O4. The molecule has 0 unspecified atom stereocenters. The van der Waals surface area contributed by atoms with Crippen LogP contribution in [0, 0.1) is 10.1 Å². The van der Waals surface area contributed by atoms with Crippen molar-refractivity contribution in [2.24, 2.45) is 10.8 Å². The molecule has 8 nitrogen and oxygen atoms in total. The van der Waals surface area contributed by atoms with Crippen LogP contribution in [0.4, 0.5) is 10.5 Å². The van der Waals surface area contributed by atoms with Crippen LogP contribution in [0.3, 0.4) is 0 Å². The number of nitro groups is 1. The number of furan rings is 1. The van der Waals surface area contributed by atoms with Crippen LogP contribution in [-0.2, 0) is 0 Å². The molecule has 0 fully saturated rings. The molecule has 2 amide bonds. The van der Waals surface area contributed by atoms with Crippen molar-refractivity contribution in [3.05, 3.63) is 51.2 Å². The van der Waals surface area contributed by atoms with Gasteiger partial charge in [0.25, 0.3) is 5.69 Å². The van der Waals surface area contributed by atoms with E-state index in [2.05, 4.69) is 5.10 Å². The second kappa shape index (κ2) is 6.06. The molecule has 0 atom stereocenters. The maximum absolute atomic E-state index is 11.0. The second-order valence-electron chi connectivity index (χ2n) is 3.85. The van der Waals surface area contributed by atoms with E-state index in [1.165, 1.54) is 24.4 Å². The summed E-state index contributed by atoms with van der Waals surface area (Å²) in [6.07, 6.45) is 1.22. The Morgan fingerprint density at radius 1 is 1.43 bits per heavy atom. The van der Waals surface area contributed by atoms with Gasteiger partial charge in [-0.1, -0.05) is 11.6 Å². The van der Waals surface area contributed by atoms with Crippen LogP contribution in [0.2, 0.25) is 5.02 Å². The Bertz CT molecular complexity index is 726. The van der Waals surface area contributed by atoms with Crippen molar-refractivity contribution in [2.45, 2.75) is 0 Å². The predicted octanol–water partition coefficient (Wildman–Crippen LogP) is 2.51. The molecule has 108 valence electrons. The van der Waals surface area contributed by atoms with Crippen LogP contribution in [-0.4, -0.2) is 17.2 Å². The number of hydrogen-bond acceptors (Lipinski definition) is 5. The topological polar surface area (TPSA) is 124 Å². The van der Waals surface area contributed by atoms with Gasteiger partial charge in [-0.05, 0) is 24.3 Å². The number of carbonyl (C=O) groups excluding carboxylic acids is 1. The number of nitrogens with two attached hydrogens (primary N) is 1. The van der Waals surface area contributed by atoms with Gasteiger partial charge in [-0.25, -0.2) is 10.2 Å². The van der Waals surface area contributed by atoms with E-state index in [0.717, 1.165) is 0 Å². The summed E-state index contributed by atoms with van der Waals surface area (Å²) in [5.41, 5.74) is 6.95. The lowest BCUT2D eigenvalue weighted by Gasteiger charge is -2.00. The van der Waals surface area contributed by atoms with Crippen molar-refractivity contribution in [1.29, 1.82) is 0 Å². The highest BCUT2D eigenvalue weighted by Gasteiger charge is 2.18. The van der Waals surface area contributed by atoms with Crippen molar-refractivity contribution in [2.75, 3.05) is 0 Å². The van der Waals surface area contributed by atoms with Gasteiger partial charge >= 0.3 is 6.03 Å². The maximum atomic E-state index is 11.0. The summed E-state index contributed by atoms with van der Waals surface area (Å²) in [5, 5.41) is 14.8. The van der Waals surface area contributed by atoms with Crippen LogP contribution < -0.4 is 11.2 Å². The van der Waals surface area contributed by atoms with Crippen LogP contribution in [0.25, 0.3) is 11.3 Å². The van der Waals surface area contributed by atoms with E-state index in [1.54, 1.807) is 12.1 Å². The maximum Gasteiger partial charge on any atom is 0.332 e. The Morgan fingerprint density at radius 3 is 2.86 bits per heavy atom. The molecule has 0 aliphatic heterocycles. The van der Waals surface area contributed by atoms with E-state index < -0.39 is 11.0 Å². The summed E-state index contributed by atoms with van der Waals surface area (Å²) in [7, 11) is 0. The van der Waals surface area contributed by atoms with Crippen LogP contribution in [0.5, 0.6) is 0 Å². The van der Waals surface area contributed by atoms with E-state index in [-0.39, 0.29) is 22.0 Å². The summed E-state index contributed by atoms with van der Waals surface area (Å²) in [4.78, 5) is 20.9. The fourth-order valence-electron chi connectivity index (χ4n) is 1.59. The first-order valence-corrected chi connectivity index (χ1v) is 5.98. The van der Waals surface area contributed by atoms with Gasteiger partial charge < -0.3 is 10.2 Å². The predicted molar refractivity (Wildman–Crippen MR) is 76.1 cm³/mol. The van der Waals surface area contributed by atoms with Gasteiger partial charge in [0.1, 0.15) is 11.5 Å². The van der Waals surface area contributed by atoms with E-state index in [9.17, 15) is 14.9 Å². The lowest BCUT2D eigenvalue weighted by Crippen LogP contribution is -2.24. The molecule has 1 aromatic heterocycles. The second-order valence-corrected chi connectivity index (χ2v) is 4.29. The highest BCUT2D eigenvalue weighted by Crippen LogP contribution is 2.33. The van der Waals surface area contributed by atoms with E-state index >= 15 is 0 Å². The van der Waals surface area contributed by atoms with Gasteiger partial charge in [0.05, 0.1) is 16.7 Å². The minimum Gasteiger partial charge on any atom is -0.455 e. The zero-order valence-corrected chi connectivity index (χ0v) is 11.2. The van der Waals surface area contributed by atoms with E-state index in [0.29, 0.717) is 5.76 Å². The third-order valence-electron chi connectivity index (χ3n) is 2.42. The molecule has 1 aromatic carbocycles. The number of rotatable bonds is 4. The Kier molecular flexibility index (Phi) is 4.19. The zero-order chi connectivity index (χ0) is 15.4. The molecule has 9 heteroatoms. The number of amides is 2. The first-order chi connectivity index (χ1) is 9.97. The number of nitrogens with one attached hydrogen (secondary N) is 1. The summed E-state index contributed by atoms with van der Waals surface area (Å²) >= 11 is 5.74. The number of halogens is 1. The highest BCUT2D eigenvalue weighted by atomic mass is 35.5. The number of hydrazone groups is 1. The van der Waals surface area contributed by atoms with Gasteiger partial charge in [0.2, 0.25) is 0 Å². The summed E-state index contributed by atoms with van der Waals surface area (Å²) in [6.45, 7) is 0. The molecule has 0 saturated carbocycles. The van der Waals surface area contributed by atoms with Gasteiger partial charge in [0, 0.05) is 11.1 Å². The van der Waals surface area contributed by atoms with Gasteiger partial charge in [-0.2, -0.15) is 5.10 Å². The van der Waals surface area contributed by atoms with E-state index in [1.807, 2.05) is 5.43 Å². The Morgan fingerprint density at radius 2 is 2.19 bits per heavy atom. The molecule has 0 aliphatic carbocycles. The number of urea groups is 1. The molecule has 21 heavy (non-hydrogen) atoms. The number of benzene rings is 1. The minimum absolute atomic E-state index is 0.171. The number of nitrogens with zero attached hydrogens (tertiary/aromatic N) is 2.